The number of likely N-dealkylation sites (N-methyl/N-ethyl adjacent to an activating group) is 1. The van der Waals surface area contributed by atoms with Gasteiger partial charge in [-0.25, -0.2) is 4.39 Å². The maximum atomic E-state index is 15.2. The Balaban J connectivity index is 0.00000272. The first-order valence-corrected chi connectivity index (χ1v) is 10.7. The van der Waals surface area contributed by atoms with Crippen molar-refractivity contribution >= 4 is 44.7 Å². The third kappa shape index (κ3) is 4.07. The van der Waals surface area contributed by atoms with E-state index in [0.717, 1.165) is 39.5 Å². The number of fused-ring (bicyclic) bond motifs is 3. The molecule has 0 amide bonds. The molecule has 0 aliphatic carbocycles. The first-order valence-electron chi connectivity index (χ1n) is 9.87. The van der Waals surface area contributed by atoms with Gasteiger partial charge in [0.15, 0.2) is 0 Å². The molecule has 0 bridgehead atoms. The van der Waals surface area contributed by atoms with Crippen LogP contribution in [-0.2, 0) is 0 Å². The molecular formula is C24H26ClFN2O2S. The van der Waals surface area contributed by atoms with E-state index in [4.69, 9.17) is 4.74 Å². The molecule has 1 N–H and O–H groups in total. The number of pyridine rings is 1. The van der Waals surface area contributed by atoms with Crippen LogP contribution >= 0.6 is 23.7 Å². The number of hydrogen-bond acceptors (Lipinski definition) is 4. The van der Waals surface area contributed by atoms with Crippen LogP contribution in [0.1, 0.15) is 24.0 Å². The number of aryl methyl sites for hydroxylation is 1. The highest BCUT2D eigenvalue weighted by Crippen LogP contribution is 2.42. The van der Waals surface area contributed by atoms with Crippen molar-refractivity contribution in [1.29, 1.82) is 0 Å². The van der Waals surface area contributed by atoms with Gasteiger partial charge in [0.1, 0.15) is 16.3 Å². The van der Waals surface area contributed by atoms with Gasteiger partial charge in [0.05, 0.1) is 12.6 Å². The summed E-state index contributed by atoms with van der Waals surface area (Å²) in [6.07, 6.45) is 0. The fourth-order valence-corrected chi connectivity index (χ4v) is 5.04. The zero-order valence-corrected chi connectivity index (χ0v) is 19.8. The molecule has 0 radical (unpaired) electrons. The molecular weight excluding hydrogens is 435 g/mol. The largest absolute Gasteiger partial charge is 0.496 e. The fourth-order valence-electron chi connectivity index (χ4n) is 4.24. The van der Waals surface area contributed by atoms with Gasteiger partial charge in [0.2, 0.25) is 0 Å². The van der Waals surface area contributed by atoms with Crippen molar-refractivity contribution in [2.75, 3.05) is 27.7 Å². The Morgan fingerprint density at radius 3 is 2.61 bits per heavy atom. The van der Waals surface area contributed by atoms with Crippen LogP contribution in [0.15, 0.2) is 40.5 Å². The number of aromatic nitrogens is 1. The predicted octanol–water partition coefficient (Wildman–Crippen LogP) is 5.95. The van der Waals surface area contributed by atoms with E-state index >= 15 is 4.39 Å². The highest BCUT2D eigenvalue weighted by molar-refractivity contribution is 7.17. The topological polar surface area (TPSA) is 45.3 Å². The monoisotopic (exact) mass is 460 g/mol. The smallest absolute Gasteiger partial charge is 0.266 e. The lowest BCUT2D eigenvalue weighted by atomic mass is 9.92. The SMILES string of the molecule is COc1cc(C)c2[nH]c(=O)c3sccc3c2c1-c1ccc([C@H](C)CN(C)C)c(F)c1.Cl. The normalized spacial score (nSPS) is 12.4. The zero-order valence-electron chi connectivity index (χ0n) is 18.2. The number of thiophene rings is 1. The Morgan fingerprint density at radius 1 is 1.23 bits per heavy atom. The van der Waals surface area contributed by atoms with Crippen LogP contribution in [0.3, 0.4) is 0 Å². The molecule has 0 unspecified atom stereocenters. The summed E-state index contributed by atoms with van der Waals surface area (Å²) in [5.41, 5.74) is 3.78. The Bertz CT molecular complexity index is 1310. The zero-order chi connectivity index (χ0) is 21.6. The third-order valence-electron chi connectivity index (χ3n) is 5.55. The van der Waals surface area contributed by atoms with Crippen molar-refractivity contribution < 1.29 is 9.13 Å². The van der Waals surface area contributed by atoms with Crippen LogP contribution in [0.4, 0.5) is 4.39 Å². The Hall–Kier alpha value is -2.41. The molecule has 7 heteroatoms. The average molecular weight is 461 g/mol. The summed E-state index contributed by atoms with van der Waals surface area (Å²) in [5, 5.41) is 3.65. The Labute approximate surface area is 191 Å². The van der Waals surface area contributed by atoms with Crippen LogP contribution in [0, 0.1) is 12.7 Å². The molecule has 0 fully saturated rings. The lowest BCUT2D eigenvalue weighted by molar-refractivity contribution is 0.378. The van der Waals surface area contributed by atoms with Gasteiger partial charge in [0, 0.05) is 22.9 Å². The van der Waals surface area contributed by atoms with Gasteiger partial charge in [-0.05, 0) is 67.2 Å². The summed E-state index contributed by atoms with van der Waals surface area (Å²) in [4.78, 5) is 17.6. The molecule has 2 aromatic heterocycles. The third-order valence-corrected chi connectivity index (χ3v) is 6.46. The van der Waals surface area contributed by atoms with Gasteiger partial charge >= 0.3 is 0 Å². The second kappa shape index (κ2) is 8.99. The second-order valence-electron chi connectivity index (χ2n) is 8.04. The number of methoxy groups -OCH3 is 1. The molecule has 0 saturated carbocycles. The van der Waals surface area contributed by atoms with E-state index in [0.29, 0.717) is 16.0 Å². The lowest BCUT2D eigenvalue weighted by Crippen LogP contribution is -2.19. The fraction of sp³-hybridized carbons (Fsp3) is 0.292. The van der Waals surface area contributed by atoms with E-state index in [-0.39, 0.29) is 29.7 Å². The van der Waals surface area contributed by atoms with Crippen LogP contribution in [-0.4, -0.2) is 37.6 Å². The van der Waals surface area contributed by atoms with Gasteiger partial charge < -0.3 is 14.6 Å². The van der Waals surface area contributed by atoms with Gasteiger partial charge in [-0.1, -0.05) is 19.1 Å². The summed E-state index contributed by atoms with van der Waals surface area (Å²) in [6, 6.07) is 9.23. The Kier molecular flexibility index (Phi) is 6.74. The minimum atomic E-state index is -0.233. The molecule has 4 nitrogen and oxygen atoms in total. The first-order chi connectivity index (χ1) is 14.3. The number of rotatable bonds is 5. The van der Waals surface area contributed by atoms with E-state index in [1.54, 1.807) is 13.2 Å². The molecule has 2 aromatic carbocycles. The van der Waals surface area contributed by atoms with Gasteiger partial charge in [-0.3, -0.25) is 4.79 Å². The molecule has 2 heterocycles. The van der Waals surface area contributed by atoms with Crippen molar-refractivity contribution in [3.8, 4) is 16.9 Å². The number of nitrogens with one attached hydrogen (secondary N) is 1. The van der Waals surface area contributed by atoms with E-state index in [2.05, 4.69) is 9.88 Å². The number of ether oxygens (including phenoxy) is 1. The van der Waals surface area contributed by atoms with Crippen molar-refractivity contribution in [2.24, 2.45) is 0 Å². The molecule has 4 rings (SSSR count). The summed E-state index contributed by atoms with van der Waals surface area (Å²) < 4.78 is 21.5. The van der Waals surface area contributed by atoms with E-state index in [1.807, 2.05) is 57.6 Å². The molecule has 31 heavy (non-hydrogen) atoms. The van der Waals surface area contributed by atoms with Crippen LogP contribution in [0.5, 0.6) is 5.75 Å². The number of halogens is 2. The molecule has 0 saturated heterocycles. The molecule has 0 aliphatic rings. The van der Waals surface area contributed by atoms with E-state index in [1.165, 1.54) is 11.3 Å². The molecule has 164 valence electrons. The lowest BCUT2D eigenvalue weighted by Gasteiger charge is -2.19. The molecule has 4 aromatic rings. The minimum absolute atomic E-state index is 0. The average Bonchev–Trinajstić information content (AvgIpc) is 3.18. The summed E-state index contributed by atoms with van der Waals surface area (Å²) in [6.45, 7) is 4.73. The van der Waals surface area contributed by atoms with E-state index in [9.17, 15) is 4.79 Å². The van der Waals surface area contributed by atoms with E-state index < -0.39 is 0 Å². The van der Waals surface area contributed by atoms with Gasteiger partial charge in [-0.2, -0.15) is 0 Å². The van der Waals surface area contributed by atoms with Crippen LogP contribution < -0.4 is 10.3 Å². The number of benzene rings is 2. The number of H-pyrrole nitrogens is 1. The molecule has 1 atom stereocenters. The maximum absolute atomic E-state index is 15.2. The van der Waals surface area contributed by atoms with Crippen molar-refractivity contribution in [3.05, 3.63) is 63.0 Å². The van der Waals surface area contributed by atoms with Crippen LogP contribution in [0.2, 0.25) is 0 Å². The van der Waals surface area contributed by atoms with Crippen LogP contribution in [0.25, 0.3) is 32.1 Å². The number of hydrogen-bond donors (Lipinski definition) is 1. The number of aromatic amines is 1. The highest BCUT2D eigenvalue weighted by atomic mass is 35.5. The Morgan fingerprint density at radius 2 is 1.97 bits per heavy atom. The molecule has 0 aliphatic heterocycles. The molecule has 0 spiro atoms. The second-order valence-corrected chi connectivity index (χ2v) is 8.95. The quantitative estimate of drug-likeness (QED) is 0.400. The van der Waals surface area contributed by atoms with Crippen molar-refractivity contribution in [1.82, 2.24) is 9.88 Å². The first kappa shape index (κ1) is 23.3. The minimum Gasteiger partial charge on any atom is -0.496 e. The summed E-state index contributed by atoms with van der Waals surface area (Å²) in [5.74, 6) is 0.502. The van der Waals surface area contributed by atoms with Crippen molar-refractivity contribution in [2.45, 2.75) is 19.8 Å². The summed E-state index contributed by atoms with van der Waals surface area (Å²) in [7, 11) is 5.59. The van der Waals surface area contributed by atoms with Gasteiger partial charge in [0.25, 0.3) is 5.56 Å². The maximum Gasteiger partial charge on any atom is 0.266 e. The summed E-state index contributed by atoms with van der Waals surface area (Å²) >= 11 is 1.40. The van der Waals surface area contributed by atoms with Crippen molar-refractivity contribution in [3.63, 3.8) is 0 Å². The highest BCUT2D eigenvalue weighted by Gasteiger charge is 2.20. The standard InChI is InChI=1S/C24H25FN2O2S.ClH/c1-13-10-19(29-5)20(21-17-8-9-30-23(17)24(28)26-22(13)21)15-6-7-16(18(25)11-15)14(2)12-27(3)4;/h6-11,14H,12H2,1-5H3,(H,26,28);1H/t14-;/m1./s1. The van der Waals surface area contributed by atoms with Gasteiger partial charge in [-0.15, -0.1) is 23.7 Å². The predicted molar refractivity (Wildman–Crippen MR) is 131 cm³/mol. The number of nitrogens with zero attached hydrogens (tertiary/aromatic N) is 1.